The number of anilines is 2. The number of halogens is 6. The molecule has 1 spiro atoms. The molecule has 3 amide bonds. The Bertz CT molecular complexity index is 1340. The molecule has 4 atom stereocenters. The highest BCUT2D eigenvalue weighted by Crippen LogP contribution is 2.61. The second kappa shape index (κ2) is 8.93. The molecule has 0 aliphatic carbocycles. The summed E-state index contributed by atoms with van der Waals surface area (Å²) in [6.45, 7) is -0.916. The zero-order chi connectivity index (χ0) is 27.0. The lowest BCUT2D eigenvalue weighted by Crippen LogP contribution is -2.56. The Kier molecular flexibility index (Phi) is 6.37. The van der Waals surface area contributed by atoms with E-state index in [4.69, 9.17) is 46.4 Å². The standard InChI is InChI=1S/C23H18Cl4F2N4O4/c1-32(37)20(35)17-16(19(34)30-12-3-9(24)2-10(25)4-12)15-7-22(28,29)8-33(15)23(17)13-5-11(26)6-14(27)18(13)31-21(23)36/h2-6,15-17,37H,7-8H2,1H3,(H,30,34)(H,31,36)/t15?,16-,17?,23?/m1/s1. The molecule has 0 radical (unpaired) electrons. The largest absolute Gasteiger partial charge is 0.326 e. The van der Waals surface area contributed by atoms with Crippen LogP contribution in [0.3, 0.4) is 0 Å². The third-order valence-corrected chi connectivity index (χ3v) is 8.01. The summed E-state index contributed by atoms with van der Waals surface area (Å²) in [5.41, 5.74) is -1.79. The quantitative estimate of drug-likeness (QED) is 0.347. The number of rotatable bonds is 3. The molecule has 14 heteroatoms. The van der Waals surface area contributed by atoms with Crippen molar-refractivity contribution in [2.45, 2.75) is 23.9 Å². The van der Waals surface area contributed by atoms with E-state index >= 15 is 0 Å². The number of carbonyl (C=O) groups is 3. The van der Waals surface area contributed by atoms with Crippen LogP contribution in [0.15, 0.2) is 30.3 Å². The SMILES string of the molecule is CN(O)C(=O)C1[C@H](C(=O)Nc2cc(Cl)cc(Cl)c2)C2CC(F)(F)CN2C12C(=O)Nc1c(Cl)cc(Cl)cc12. The highest BCUT2D eigenvalue weighted by Gasteiger charge is 2.74. The van der Waals surface area contributed by atoms with Crippen molar-refractivity contribution in [2.75, 3.05) is 24.2 Å². The maximum Gasteiger partial charge on any atom is 0.262 e. The molecule has 0 aromatic heterocycles. The van der Waals surface area contributed by atoms with E-state index < -0.39 is 60.0 Å². The van der Waals surface area contributed by atoms with Crippen molar-refractivity contribution in [3.63, 3.8) is 0 Å². The highest BCUT2D eigenvalue weighted by molar-refractivity contribution is 6.38. The summed E-state index contributed by atoms with van der Waals surface area (Å²) in [6.07, 6.45) is -0.807. The molecule has 2 fully saturated rings. The number of fused-ring (bicyclic) bond motifs is 4. The first kappa shape index (κ1) is 26.4. The lowest BCUT2D eigenvalue weighted by molar-refractivity contribution is -0.171. The number of nitrogens with zero attached hydrogens (tertiary/aromatic N) is 2. The third-order valence-electron chi connectivity index (χ3n) is 7.05. The van der Waals surface area contributed by atoms with E-state index in [1.807, 2.05) is 0 Å². The van der Waals surface area contributed by atoms with Crippen LogP contribution in [0, 0.1) is 11.8 Å². The fourth-order valence-electron chi connectivity index (χ4n) is 5.85. The normalized spacial score (nSPS) is 27.7. The molecular formula is C23H18Cl4F2N4O4. The molecule has 0 saturated carbocycles. The molecule has 2 aromatic rings. The molecule has 3 heterocycles. The number of hydrogen-bond acceptors (Lipinski definition) is 5. The molecule has 5 rings (SSSR count). The van der Waals surface area contributed by atoms with Crippen LogP contribution >= 0.6 is 46.4 Å². The van der Waals surface area contributed by atoms with Crippen molar-refractivity contribution in [2.24, 2.45) is 11.8 Å². The van der Waals surface area contributed by atoms with Crippen LogP contribution in [0.2, 0.25) is 20.1 Å². The zero-order valence-corrected chi connectivity index (χ0v) is 21.9. The van der Waals surface area contributed by atoms with Gasteiger partial charge in [-0.15, -0.1) is 0 Å². The van der Waals surface area contributed by atoms with Gasteiger partial charge in [-0.2, -0.15) is 0 Å². The van der Waals surface area contributed by atoms with Crippen molar-refractivity contribution < 1.29 is 28.4 Å². The summed E-state index contributed by atoms with van der Waals surface area (Å²) in [6, 6.07) is 5.67. The molecule has 2 aromatic carbocycles. The molecule has 3 aliphatic heterocycles. The van der Waals surface area contributed by atoms with Gasteiger partial charge >= 0.3 is 0 Å². The van der Waals surface area contributed by atoms with Crippen LogP contribution in [0.1, 0.15) is 12.0 Å². The van der Waals surface area contributed by atoms with E-state index in [1.165, 1.54) is 30.3 Å². The summed E-state index contributed by atoms with van der Waals surface area (Å²) in [5, 5.41) is 16.1. The van der Waals surface area contributed by atoms with Crippen molar-refractivity contribution >= 4 is 75.5 Å². The first-order valence-corrected chi connectivity index (χ1v) is 12.5. The van der Waals surface area contributed by atoms with Crippen LogP contribution < -0.4 is 10.6 Å². The van der Waals surface area contributed by atoms with Gasteiger partial charge in [0.2, 0.25) is 5.91 Å². The number of carbonyl (C=O) groups excluding carboxylic acids is 3. The van der Waals surface area contributed by atoms with Gasteiger partial charge in [0.15, 0.2) is 0 Å². The zero-order valence-electron chi connectivity index (χ0n) is 18.9. The molecule has 0 bridgehead atoms. The Labute approximate surface area is 229 Å². The van der Waals surface area contributed by atoms with Crippen LogP contribution in [0.4, 0.5) is 20.2 Å². The topological polar surface area (TPSA) is 102 Å². The number of alkyl halides is 2. The minimum atomic E-state index is -3.28. The van der Waals surface area contributed by atoms with Crippen molar-refractivity contribution in [3.05, 3.63) is 56.0 Å². The van der Waals surface area contributed by atoms with Gasteiger partial charge in [-0.25, -0.2) is 13.8 Å². The Hall–Kier alpha value is -2.21. The smallest absolute Gasteiger partial charge is 0.262 e. The summed E-state index contributed by atoms with van der Waals surface area (Å²) >= 11 is 24.6. The van der Waals surface area contributed by atoms with Gasteiger partial charge in [-0.1, -0.05) is 46.4 Å². The van der Waals surface area contributed by atoms with Gasteiger partial charge in [-0.3, -0.25) is 24.5 Å². The van der Waals surface area contributed by atoms with Gasteiger partial charge in [0, 0.05) is 45.8 Å². The molecule has 2 saturated heterocycles. The van der Waals surface area contributed by atoms with E-state index in [1.54, 1.807) is 0 Å². The fraction of sp³-hybridized carbons (Fsp3) is 0.348. The maximum absolute atomic E-state index is 14.9. The number of nitrogens with one attached hydrogen (secondary N) is 2. The lowest BCUT2D eigenvalue weighted by Gasteiger charge is -2.37. The summed E-state index contributed by atoms with van der Waals surface area (Å²) in [5.74, 6) is -9.09. The number of hydrogen-bond donors (Lipinski definition) is 3. The summed E-state index contributed by atoms with van der Waals surface area (Å²) in [4.78, 5) is 42.1. The highest BCUT2D eigenvalue weighted by atomic mass is 35.5. The first-order chi connectivity index (χ1) is 17.3. The number of hydroxylamine groups is 2. The minimum absolute atomic E-state index is 0.0280. The van der Waals surface area contributed by atoms with Crippen molar-refractivity contribution in [1.82, 2.24) is 9.96 Å². The minimum Gasteiger partial charge on any atom is -0.326 e. The van der Waals surface area contributed by atoms with Gasteiger partial charge in [0.1, 0.15) is 5.54 Å². The van der Waals surface area contributed by atoms with Gasteiger partial charge in [0.25, 0.3) is 17.7 Å². The monoisotopic (exact) mass is 592 g/mol. The number of benzene rings is 2. The van der Waals surface area contributed by atoms with E-state index in [-0.39, 0.29) is 42.1 Å². The van der Waals surface area contributed by atoms with Crippen LogP contribution in [-0.4, -0.2) is 58.4 Å². The Morgan fingerprint density at radius 2 is 1.73 bits per heavy atom. The molecule has 196 valence electrons. The average Bonchev–Trinajstić information content (AvgIpc) is 3.33. The Balaban J connectivity index is 1.72. The molecule has 3 aliphatic rings. The molecular weight excluding hydrogens is 576 g/mol. The van der Waals surface area contributed by atoms with E-state index in [0.717, 1.165) is 11.9 Å². The van der Waals surface area contributed by atoms with Gasteiger partial charge in [0.05, 0.1) is 29.1 Å². The Morgan fingerprint density at radius 3 is 2.35 bits per heavy atom. The third kappa shape index (κ3) is 4.05. The molecule has 37 heavy (non-hydrogen) atoms. The van der Waals surface area contributed by atoms with Crippen molar-refractivity contribution in [1.29, 1.82) is 0 Å². The van der Waals surface area contributed by atoms with E-state index in [0.29, 0.717) is 0 Å². The van der Waals surface area contributed by atoms with Crippen LogP contribution in [-0.2, 0) is 19.9 Å². The second-order valence-electron chi connectivity index (χ2n) is 9.30. The van der Waals surface area contributed by atoms with Crippen LogP contribution in [0.5, 0.6) is 0 Å². The summed E-state index contributed by atoms with van der Waals surface area (Å²) < 4.78 is 29.8. The first-order valence-electron chi connectivity index (χ1n) is 10.9. The average molecular weight is 594 g/mol. The number of amides is 3. The van der Waals surface area contributed by atoms with E-state index in [2.05, 4.69) is 10.6 Å². The second-order valence-corrected chi connectivity index (χ2v) is 11.0. The predicted octanol–water partition coefficient (Wildman–Crippen LogP) is 4.89. The van der Waals surface area contributed by atoms with E-state index in [9.17, 15) is 28.4 Å². The van der Waals surface area contributed by atoms with Crippen molar-refractivity contribution in [3.8, 4) is 0 Å². The van der Waals surface area contributed by atoms with Crippen LogP contribution in [0.25, 0.3) is 0 Å². The molecule has 3 unspecified atom stereocenters. The lowest BCUT2D eigenvalue weighted by atomic mass is 9.73. The fourth-order valence-corrected chi connectivity index (χ4v) is 6.92. The van der Waals surface area contributed by atoms with Gasteiger partial charge < -0.3 is 10.6 Å². The Morgan fingerprint density at radius 1 is 1.11 bits per heavy atom. The molecule has 3 N–H and O–H groups in total. The molecule has 8 nitrogen and oxygen atoms in total. The predicted molar refractivity (Wildman–Crippen MR) is 133 cm³/mol. The summed E-state index contributed by atoms with van der Waals surface area (Å²) in [7, 11) is 1.03. The van der Waals surface area contributed by atoms with Gasteiger partial charge in [-0.05, 0) is 30.3 Å². The maximum atomic E-state index is 14.9.